The molecule has 28 heavy (non-hydrogen) atoms. The molecule has 2 aliphatic heterocycles. The van der Waals surface area contributed by atoms with Crippen LogP contribution in [-0.4, -0.2) is 50.4 Å². The van der Waals surface area contributed by atoms with E-state index < -0.39 is 10.0 Å². The average molecular weight is 407 g/mol. The molecule has 1 saturated heterocycles. The molecule has 0 N–H and O–H groups in total. The van der Waals surface area contributed by atoms with Crippen LogP contribution in [0.4, 0.5) is 0 Å². The van der Waals surface area contributed by atoms with Gasteiger partial charge in [-0.3, -0.25) is 4.68 Å². The van der Waals surface area contributed by atoms with Gasteiger partial charge in [-0.15, -0.1) is 10.2 Å². The molecule has 0 unspecified atom stereocenters. The Morgan fingerprint density at radius 3 is 2.46 bits per heavy atom. The molecule has 2 aromatic heterocycles. The molecule has 1 fully saturated rings. The van der Waals surface area contributed by atoms with Crippen molar-refractivity contribution in [3.8, 4) is 0 Å². The van der Waals surface area contributed by atoms with E-state index in [2.05, 4.69) is 33.7 Å². The number of aromatic nitrogens is 5. The van der Waals surface area contributed by atoms with Gasteiger partial charge in [0.1, 0.15) is 16.5 Å². The summed E-state index contributed by atoms with van der Waals surface area (Å²) in [5, 5.41) is 12.9. The summed E-state index contributed by atoms with van der Waals surface area (Å²) < 4.78 is 31.5. The number of nitrogens with zero attached hydrogens (tertiary/aromatic N) is 6. The molecule has 0 amide bonds. The first-order chi connectivity index (χ1) is 13.3. The summed E-state index contributed by atoms with van der Waals surface area (Å²) in [5.41, 5.74) is 0.203. The second kappa shape index (κ2) is 7.26. The lowest BCUT2D eigenvalue weighted by molar-refractivity contribution is 0.129. The Morgan fingerprint density at radius 2 is 1.82 bits per heavy atom. The lowest BCUT2D eigenvalue weighted by atomic mass is 9.73. The zero-order valence-corrected chi connectivity index (χ0v) is 17.8. The van der Waals surface area contributed by atoms with E-state index in [4.69, 9.17) is 0 Å². The van der Waals surface area contributed by atoms with E-state index in [-0.39, 0.29) is 5.41 Å². The fourth-order valence-corrected chi connectivity index (χ4v) is 5.95. The normalized spacial score (nSPS) is 20.4. The molecule has 4 heterocycles. The molecule has 2 aromatic rings. The zero-order chi connectivity index (χ0) is 19.9. The molecular formula is C19H30N6O2S. The fourth-order valence-electron chi connectivity index (χ4n) is 4.56. The minimum Gasteiger partial charge on any atom is -0.315 e. The Balaban J connectivity index is 1.45. The van der Waals surface area contributed by atoms with Gasteiger partial charge in [-0.1, -0.05) is 13.8 Å². The molecule has 0 bridgehead atoms. The Kier molecular flexibility index (Phi) is 5.07. The molecule has 154 valence electrons. The van der Waals surface area contributed by atoms with Gasteiger partial charge in [0.05, 0.1) is 6.20 Å². The second-order valence-electron chi connectivity index (χ2n) is 8.47. The molecular weight excluding hydrogens is 376 g/mol. The smallest absolute Gasteiger partial charge is 0.246 e. The van der Waals surface area contributed by atoms with E-state index in [1.807, 2.05) is 6.92 Å². The molecule has 0 aliphatic carbocycles. The number of piperidine rings is 1. The predicted molar refractivity (Wildman–Crippen MR) is 105 cm³/mol. The van der Waals surface area contributed by atoms with Crippen molar-refractivity contribution in [1.82, 2.24) is 28.9 Å². The summed E-state index contributed by atoms with van der Waals surface area (Å²) >= 11 is 0. The summed E-state index contributed by atoms with van der Waals surface area (Å²) in [6.45, 7) is 9.02. The van der Waals surface area contributed by atoms with Crippen molar-refractivity contribution in [2.24, 2.45) is 5.41 Å². The second-order valence-corrected chi connectivity index (χ2v) is 10.4. The number of rotatable bonds is 4. The van der Waals surface area contributed by atoms with Crippen LogP contribution in [0.1, 0.15) is 64.0 Å². The van der Waals surface area contributed by atoms with E-state index in [0.29, 0.717) is 30.4 Å². The first kappa shape index (κ1) is 19.6. The highest BCUT2D eigenvalue weighted by Crippen LogP contribution is 2.42. The monoisotopic (exact) mass is 406 g/mol. The number of sulfonamides is 1. The molecule has 2 aliphatic rings. The van der Waals surface area contributed by atoms with Crippen molar-refractivity contribution in [2.75, 3.05) is 13.1 Å². The Hall–Kier alpha value is -1.74. The van der Waals surface area contributed by atoms with E-state index in [9.17, 15) is 8.42 Å². The summed E-state index contributed by atoms with van der Waals surface area (Å²) in [5.74, 6) is 2.52. The minimum absolute atomic E-state index is 0.203. The first-order valence-electron chi connectivity index (χ1n) is 10.3. The van der Waals surface area contributed by atoms with Crippen LogP contribution in [0.15, 0.2) is 17.3 Å². The van der Waals surface area contributed by atoms with Gasteiger partial charge in [0.15, 0.2) is 0 Å². The lowest BCUT2D eigenvalue weighted by Crippen LogP contribution is -2.43. The molecule has 0 saturated carbocycles. The molecule has 0 aromatic carbocycles. The topological polar surface area (TPSA) is 85.9 Å². The first-order valence-corrected chi connectivity index (χ1v) is 11.7. The van der Waals surface area contributed by atoms with Crippen molar-refractivity contribution >= 4 is 10.0 Å². The van der Waals surface area contributed by atoms with Gasteiger partial charge < -0.3 is 4.57 Å². The van der Waals surface area contributed by atoms with E-state index in [1.54, 1.807) is 15.2 Å². The molecule has 0 radical (unpaired) electrons. The highest BCUT2D eigenvalue weighted by atomic mass is 32.2. The van der Waals surface area contributed by atoms with Gasteiger partial charge in [0, 0.05) is 44.7 Å². The maximum absolute atomic E-state index is 13.0. The molecule has 8 nitrogen and oxygen atoms in total. The number of hydrogen-bond acceptors (Lipinski definition) is 5. The number of hydrogen-bond donors (Lipinski definition) is 0. The van der Waals surface area contributed by atoms with Crippen molar-refractivity contribution in [1.29, 1.82) is 0 Å². The summed E-state index contributed by atoms with van der Waals surface area (Å²) in [7, 11) is -3.45. The van der Waals surface area contributed by atoms with Crippen LogP contribution < -0.4 is 0 Å². The molecule has 1 spiro atoms. The third-order valence-electron chi connectivity index (χ3n) is 6.47. The third-order valence-corrected chi connectivity index (χ3v) is 8.32. The van der Waals surface area contributed by atoms with Crippen LogP contribution in [0.5, 0.6) is 0 Å². The maximum atomic E-state index is 13.0. The standard InChI is InChI=1S/C19H30N6O2S/c1-4-23-14-16(13-20-23)28(26,27)24-10-7-19(8-11-24)6-5-17-21-22-18(15(2)3)25(17)12-9-19/h13-15H,4-12H2,1-3H3. The lowest BCUT2D eigenvalue weighted by Gasteiger charge is -2.40. The van der Waals surface area contributed by atoms with Gasteiger partial charge in [0.2, 0.25) is 10.0 Å². The third kappa shape index (κ3) is 3.39. The largest absolute Gasteiger partial charge is 0.315 e. The average Bonchev–Trinajstić information content (AvgIpc) is 3.29. The molecule has 4 rings (SSSR count). The van der Waals surface area contributed by atoms with Crippen LogP contribution in [0.25, 0.3) is 0 Å². The van der Waals surface area contributed by atoms with Crippen LogP contribution in [0.3, 0.4) is 0 Å². The van der Waals surface area contributed by atoms with Gasteiger partial charge in [-0.05, 0) is 38.0 Å². The van der Waals surface area contributed by atoms with Crippen molar-refractivity contribution in [3.05, 3.63) is 24.0 Å². The summed E-state index contributed by atoms with van der Waals surface area (Å²) in [6, 6.07) is 0. The SMILES string of the molecule is CCn1cc(S(=O)(=O)N2CCC3(CCc4nnc(C(C)C)n4CC3)CC2)cn1. The van der Waals surface area contributed by atoms with E-state index in [1.165, 1.54) is 6.20 Å². The highest BCUT2D eigenvalue weighted by molar-refractivity contribution is 7.89. The Morgan fingerprint density at radius 1 is 1.11 bits per heavy atom. The highest BCUT2D eigenvalue weighted by Gasteiger charge is 2.40. The quantitative estimate of drug-likeness (QED) is 0.778. The number of fused-ring (bicyclic) bond motifs is 1. The van der Waals surface area contributed by atoms with Crippen LogP contribution in [0, 0.1) is 5.41 Å². The van der Waals surface area contributed by atoms with Crippen molar-refractivity contribution in [2.45, 2.75) is 76.8 Å². The fraction of sp³-hybridized carbons (Fsp3) is 0.737. The van der Waals surface area contributed by atoms with E-state index in [0.717, 1.165) is 50.3 Å². The molecule has 9 heteroatoms. The van der Waals surface area contributed by atoms with Crippen LogP contribution in [0.2, 0.25) is 0 Å². The van der Waals surface area contributed by atoms with Gasteiger partial charge in [-0.2, -0.15) is 9.40 Å². The minimum atomic E-state index is -3.45. The Labute approximate surface area is 167 Å². The van der Waals surface area contributed by atoms with Gasteiger partial charge in [-0.25, -0.2) is 8.42 Å². The zero-order valence-electron chi connectivity index (χ0n) is 17.0. The van der Waals surface area contributed by atoms with Gasteiger partial charge in [0.25, 0.3) is 0 Å². The number of aryl methyl sites for hydroxylation is 2. The Bertz CT molecular complexity index is 938. The van der Waals surface area contributed by atoms with Gasteiger partial charge >= 0.3 is 0 Å². The van der Waals surface area contributed by atoms with E-state index >= 15 is 0 Å². The summed E-state index contributed by atoms with van der Waals surface area (Å²) in [4.78, 5) is 0.305. The van der Waals surface area contributed by atoms with Crippen LogP contribution in [-0.2, 0) is 29.5 Å². The van der Waals surface area contributed by atoms with Crippen molar-refractivity contribution in [3.63, 3.8) is 0 Å². The summed E-state index contributed by atoms with van der Waals surface area (Å²) in [6.07, 6.45) is 7.96. The molecule has 0 atom stereocenters. The van der Waals surface area contributed by atoms with Crippen LogP contribution >= 0.6 is 0 Å². The maximum Gasteiger partial charge on any atom is 0.246 e. The predicted octanol–water partition coefficient (Wildman–Crippen LogP) is 2.43. The van der Waals surface area contributed by atoms with Crippen molar-refractivity contribution < 1.29 is 8.42 Å².